The summed E-state index contributed by atoms with van der Waals surface area (Å²) in [6.07, 6.45) is 0. The van der Waals surface area contributed by atoms with Crippen molar-refractivity contribution in [3.63, 3.8) is 0 Å². The molecule has 14 rings (SSSR count). The van der Waals surface area contributed by atoms with E-state index in [9.17, 15) is 0 Å². The summed E-state index contributed by atoms with van der Waals surface area (Å²) in [5, 5.41) is 12.5. The summed E-state index contributed by atoms with van der Waals surface area (Å²) in [4.78, 5) is 15.5. The lowest BCUT2D eigenvalue weighted by Gasteiger charge is -2.14. The Morgan fingerprint density at radius 2 is 1.02 bits per heavy atom. The minimum atomic E-state index is 0.651. The van der Waals surface area contributed by atoms with Crippen LogP contribution < -0.4 is 0 Å². The standard InChI is InChI=1S/C55H31N5S/c1-3-15-33(16-4-1)53-56-54(34-17-5-2-6-18-34)58-55(57-53)40-27-29-45(50-39-21-10-12-25-48(39)61-52(40)50)59-44-28-26-32-14-7-8-19-35(32)49(44)42-30-41-38-23-13-22-37-36-20-9-11-24-43(36)60(51(37)38)46(41)31-47(42)59/h1-31H. The number of para-hydroxylation sites is 2. The topological polar surface area (TPSA) is 48.0 Å². The lowest BCUT2D eigenvalue weighted by molar-refractivity contribution is 1.08. The largest absolute Gasteiger partial charge is 0.308 e. The van der Waals surface area contributed by atoms with Crippen LogP contribution in [0.2, 0.25) is 0 Å². The predicted octanol–water partition coefficient (Wildman–Crippen LogP) is 14.6. The molecule has 0 aliphatic carbocycles. The van der Waals surface area contributed by atoms with E-state index in [1.165, 1.54) is 86.1 Å². The Hall–Kier alpha value is -7.93. The third kappa shape index (κ3) is 4.57. The van der Waals surface area contributed by atoms with Gasteiger partial charge in [-0.15, -0.1) is 11.3 Å². The lowest BCUT2D eigenvalue weighted by Crippen LogP contribution is -2.01. The van der Waals surface area contributed by atoms with Crippen molar-refractivity contribution >= 4 is 102 Å². The van der Waals surface area contributed by atoms with Crippen molar-refractivity contribution in [2.24, 2.45) is 0 Å². The van der Waals surface area contributed by atoms with Crippen molar-refractivity contribution in [1.82, 2.24) is 23.9 Å². The Bertz CT molecular complexity index is 4050. The van der Waals surface area contributed by atoms with Gasteiger partial charge in [-0.2, -0.15) is 0 Å². The van der Waals surface area contributed by atoms with E-state index in [1.54, 1.807) is 11.3 Å². The minimum absolute atomic E-state index is 0.651. The molecule has 0 saturated heterocycles. The Morgan fingerprint density at radius 1 is 0.377 bits per heavy atom. The van der Waals surface area contributed by atoms with Crippen LogP contribution in [0.1, 0.15) is 0 Å². The van der Waals surface area contributed by atoms with E-state index in [-0.39, 0.29) is 0 Å². The molecule has 6 heteroatoms. The number of fused-ring (bicyclic) bond motifs is 14. The molecular weight excluding hydrogens is 763 g/mol. The van der Waals surface area contributed by atoms with E-state index in [0.717, 1.165) is 27.1 Å². The zero-order valence-corrected chi connectivity index (χ0v) is 33.4. The van der Waals surface area contributed by atoms with Crippen LogP contribution in [0.5, 0.6) is 0 Å². The fourth-order valence-electron chi connectivity index (χ4n) is 10.1. The average molecular weight is 794 g/mol. The second-order valence-electron chi connectivity index (χ2n) is 15.9. The number of nitrogens with zero attached hydrogens (tertiary/aromatic N) is 5. The summed E-state index contributed by atoms with van der Waals surface area (Å²) in [7, 11) is 0. The second-order valence-corrected chi connectivity index (χ2v) is 17.0. The molecule has 5 aromatic heterocycles. The average Bonchev–Trinajstić information content (AvgIpc) is 4.07. The van der Waals surface area contributed by atoms with Crippen molar-refractivity contribution in [2.45, 2.75) is 0 Å². The molecule has 0 N–H and O–H groups in total. The number of hydrogen-bond acceptors (Lipinski definition) is 4. The molecule has 0 aliphatic heterocycles. The third-order valence-electron chi connectivity index (χ3n) is 12.7. The number of rotatable bonds is 4. The van der Waals surface area contributed by atoms with Gasteiger partial charge in [0.15, 0.2) is 17.5 Å². The molecule has 0 unspecified atom stereocenters. The number of benzene rings is 9. The van der Waals surface area contributed by atoms with Gasteiger partial charge in [0.25, 0.3) is 0 Å². The molecule has 0 atom stereocenters. The monoisotopic (exact) mass is 793 g/mol. The minimum Gasteiger partial charge on any atom is -0.308 e. The molecule has 282 valence electrons. The van der Waals surface area contributed by atoms with Gasteiger partial charge in [0.2, 0.25) is 0 Å². The van der Waals surface area contributed by atoms with Gasteiger partial charge in [-0.3, -0.25) is 0 Å². The molecule has 0 aliphatic rings. The van der Waals surface area contributed by atoms with Crippen molar-refractivity contribution in [3.05, 3.63) is 188 Å². The number of thiophene rings is 1. The van der Waals surface area contributed by atoms with Crippen LogP contribution in [0.3, 0.4) is 0 Å². The van der Waals surface area contributed by atoms with E-state index in [4.69, 9.17) is 15.0 Å². The third-order valence-corrected chi connectivity index (χ3v) is 13.9. The summed E-state index contributed by atoms with van der Waals surface area (Å²) >= 11 is 1.80. The summed E-state index contributed by atoms with van der Waals surface area (Å²) < 4.78 is 7.37. The number of hydrogen-bond donors (Lipinski definition) is 0. The summed E-state index contributed by atoms with van der Waals surface area (Å²) in [6, 6.07) is 67.6. The maximum absolute atomic E-state index is 5.22. The SMILES string of the molecule is c1ccc(-c2nc(-c3ccccc3)nc(-c3ccc(-n4c5cc6c(cc5c5c7ccccc7ccc54)c4cccc5c7ccccc7n6c54)c4c3sc3ccccc34)n2)cc1. The van der Waals surface area contributed by atoms with Gasteiger partial charge in [-0.1, -0.05) is 146 Å². The van der Waals surface area contributed by atoms with E-state index in [0.29, 0.717) is 17.5 Å². The molecule has 0 spiro atoms. The first-order chi connectivity index (χ1) is 30.3. The van der Waals surface area contributed by atoms with Crippen LogP contribution in [-0.4, -0.2) is 23.9 Å². The highest BCUT2D eigenvalue weighted by atomic mass is 32.1. The maximum atomic E-state index is 5.22. The van der Waals surface area contributed by atoms with Crippen LogP contribution in [0, 0.1) is 0 Å². The second kappa shape index (κ2) is 12.3. The molecule has 61 heavy (non-hydrogen) atoms. The van der Waals surface area contributed by atoms with Gasteiger partial charge in [-0.05, 0) is 53.2 Å². The highest BCUT2D eigenvalue weighted by Crippen LogP contribution is 2.48. The van der Waals surface area contributed by atoms with Gasteiger partial charge in [0.05, 0.1) is 33.3 Å². The van der Waals surface area contributed by atoms with Crippen molar-refractivity contribution in [3.8, 4) is 39.9 Å². The normalized spacial score (nSPS) is 12.3. The molecule has 0 saturated carbocycles. The van der Waals surface area contributed by atoms with Crippen molar-refractivity contribution in [2.75, 3.05) is 0 Å². The van der Waals surface area contributed by atoms with Gasteiger partial charge in [0.1, 0.15) is 0 Å². The van der Waals surface area contributed by atoms with Gasteiger partial charge < -0.3 is 8.97 Å². The Labute approximate surface area is 352 Å². The van der Waals surface area contributed by atoms with Crippen LogP contribution in [-0.2, 0) is 0 Å². The first-order valence-corrected chi connectivity index (χ1v) is 21.4. The highest BCUT2D eigenvalue weighted by Gasteiger charge is 2.25. The predicted molar refractivity (Wildman–Crippen MR) is 256 cm³/mol. The molecule has 5 nitrogen and oxygen atoms in total. The number of aromatic nitrogens is 5. The van der Waals surface area contributed by atoms with Crippen LogP contribution >= 0.6 is 11.3 Å². The fraction of sp³-hybridized carbons (Fsp3) is 0. The molecule has 0 bridgehead atoms. The van der Waals surface area contributed by atoms with Crippen LogP contribution in [0.4, 0.5) is 0 Å². The zero-order valence-electron chi connectivity index (χ0n) is 32.5. The fourth-order valence-corrected chi connectivity index (χ4v) is 11.3. The summed E-state index contributed by atoms with van der Waals surface area (Å²) in [5.41, 5.74) is 10.1. The van der Waals surface area contributed by atoms with E-state index in [2.05, 4.69) is 161 Å². The van der Waals surface area contributed by atoms with Crippen molar-refractivity contribution in [1.29, 1.82) is 0 Å². The van der Waals surface area contributed by atoms with E-state index in [1.807, 2.05) is 36.4 Å². The first kappa shape index (κ1) is 33.0. The molecule has 0 radical (unpaired) electrons. The Kier molecular flexibility index (Phi) is 6.65. The molecule has 9 aromatic carbocycles. The van der Waals surface area contributed by atoms with Gasteiger partial charge in [-0.25, -0.2) is 15.0 Å². The quantitative estimate of drug-likeness (QED) is 0.178. The first-order valence-electron chi connectivity index (χ1n) is 20.6. The molecular formula is C55H31N5S. The molecule has 0 fully saturated rings. The van der Waals surface area contributed by atoms with Gasteiger partial charge >= 0.3 is 0 Å². The Morgan fingerprint density at radius 3 is 1.80 bits per heavy atom. The zero-order chi connectivity index (χ0) is 39.8. The molecule has 5 heterocycles. The van der Waals surface area contributed by atoms with E-state index >= 15 is 0 Å². The lowest BCUT2D eigenvalue weighted by atomic mass is 10.0. The highest BCUT2D eigenvalue weighted by molar-refractivity contribution is 7.26. The van der Waals surface area contributed by atoms with Crippen LogP contribution in [0.25, 0.3) is 131 Å². The van der Waals surface area contributed by atoms with E-state index < -0.39 is 0 Å². The summed E-state index contributed by atoms with van der Waals surface area (Å²) in [6.45, 7) is 0. The smallest absolute Gasteiger partial charge is 0.165 e. The molecule has 14 aromatic rings. The van der Waals surface area contributed by atoms with Crippen LogP contribution in [0.15, 0.2) is 188 Å². The maximum Gasteiger partial charge on any atom is 0.165 e. The van der Waals surface area contributed by atoms with Crippen molar-refractivity contribution < 1.29 is 0 Å². The van der Waals surface area contributed by atoms with Gasteiger partial charge in [0, 0.05) is 69.2 Å². The molecule has 0 amide bonds. The summed E-state index contributed by atoms with van der Waals surface area (Å²) in [5.74, 6) is 1.96. The Balaban J connectivity index is 1.12.